The second kappa shape index (κ2) is 3.47. The predicted octanol–water partition coefficient (Wildman–Crippen LogP) is 2.03. The van der Waals surface area contributed by atoms with Gasteiger partial charge in [0.2, 0.25) is 0 Å². The smallest absolute Gasteiger partial charge is 0.354 e. The van der Waals surface area contributed by atoms with Gasteiger partial charge in [-0.05, 0) is 18.6 Å². The topological polar surface area (TPSA) is 50.2 Å². The highest BCUT2D eigenvalue weighted by Crippen LogP contribution is 2.19. The summed E-state index contributed by atoms with van der Waals surface area (Å²) in [5.74, 6) is -1.21. The van der Waals surface area contributed by atoms with Crippen LogP contribution in [0.3, 0.4) is 0 Å². The van der Waals surface area contributed by atoms with E-state index in [4.69, 9.17) is 5.11 Å². The lowest BCUT2D eigenvalue weighted by Crippen LogP contribution is -2.04. The maximum Gasteiger partial charge on any atom is 0.354 e. The highest BCUT2D eigenvalue weighted by atomic mass is 19.3. The molecule has 1 N–H and O–H groups in total. The minimum Gasteiger partial charge on any atom is -0.477 e. The molecule has 0 aromatic carbocycles. The van der Waals surface area contributed by atoms with Crippen LogP contribution in [0.25, 0.3) is 0 Å². The lowest BCUT2D eigenvalue weighted by molar-refractivity contribution is 0.0689. The van der Waals surface area contributed by atoms with E-state index in [-0.39, 0.29) is 16.8 Å². The van der Waals surface area contributed by atoms with Crippen LogP contribution in [0.15, 0.2) is 12.3 Å². The van der Waals surface area contributed by atoms with Crippen LogP contribution >= 0.6 is 0 Å². The summed E-state index contributed by atoms with van der Waals surface area (Å²) in [7, 11) is 0. The summed E-state index contributed by atoms with van der Waals surface area (Å²) in [6.07, 6.45) is -1.74. The number of hydrogen-bond donors (Lipinski definition) is 1. The summed E-state index contributed by atoms with van der Waals surface area (Å²) in [6.45, 7) is 1.43. The van der Waals surface area contributed by atoms with E-state index in [1.807, 2.05) is 0 Å². The van der Waals surface area contributed by atoms with Crippen molar-refractivity contribution in [2.75, 3.05) is 0 Å². The van der Waals surface area contributed by atoms with Crippen molar-refractivity contribution in [3.05, 3.63) is 29.1 Å². The van der Waals surface area contributed by atoms with Crippen molar-refractivity contribution in [2.45, 2.75) is 13.3 Å². The van der Waals surface area contributed by atoms with E-state index in [9.17, 15) is 13.6 Å². The zero-order valence-corrected chi connectivity index (χ0v) is 6.79. The van der Waals surface area contributed by atoms with Crippen molar-refractivity contribution in [1.29, 1.82) is 0 Å². The van der Waals surface area contributed by atoms with Crippen LogP contribution in [0.4, 0.5) is 8.78 Å². The molecule has 0 amide bonds. The summed E-state index contributed by atoms with van der Waals surface area (Å²) in [5, 5.41) is 8.55. The monoisotopic (exact) mass is 187 g/mol. The number of carboxylic acid groups (broad SMARTS) is 1. The standard InChI is InChI=1S/C8H7F2NO2/c1-4-2-5(7(9)10)3-11-6(4)8(12)13/h2-3,7H,1H3,(H,12,13). The molecule has 0 aliphatic heterocycles. The Bertz CT molecular complexity index is 339. The van der Waals surface area contributed by atoms with Crippen molar-refractivity contribution in [3.8, 4) is 0 Å². The van der Waals surface area contributed by atoms with E-state index in [1.165, 1.54) is 6.92 Å². The first-order chi connectivity index (χ1) is 6.02. The largest absolute Gasteiger partial charge is 0.477 e. The molecule has 0 atom stereocenters. The SMILES string of the molecule is Cc1cc(C(F)F)cnc1C(=O)O. The number of aromatic nitrogens is 1. The Balaban J connectivity index is 3.13. The number of carboxylic acids is 1. The molecule has 13 heavy (non-hydrogen) atoms. The molecule has 0 saturated heterocycles. The summed E-state index contributed by atoms with van der Waals surface area (Å²) in [5.41, 5.74) is -0.211. The number of rotatable bonds is 2. The Labute approximate surface area is 73.0 Å². The lowest BCUT2D eigenvalue weighted by atomic mass is 10.1. The van der Waals surface area contributed by atoms with Crippen LogP contribution in [0.5, 0.6) is 0 Å². The van der Waals surface area contributed by atoms with Crippen LogP contribution < -0.4 is 0 Å². The summed E-state index contributed by atoms with van der Waals surface area (Å²) < 4.78 is 24.2. The van der Waals surface area contributed by atoms with Crippen molar-refractivity contribution < 1.29 is 18.7 Å². The van der Waals surface area contributed by atoms with Crippen LogP contribution in [0, 0.1) is 6.92 Å². The van der Waals surface area contributed by atoms with E-state index in [1.54, 1.807) is 0 Å². The number of pyridine rings is 1. The Morgan fingerprint density at radius 1 is 1.62 bits per heavy atom. The van der Waals surface area contributed by atoms with Crippen LogP contribution in [-0.4, -0.2) is 16.1 Å². The molecule has 0 aliphatic carbocycles. The molecule has 1 aromatic rings. The molecule has 1 heterocycles. The second-order valence-electron chi connectivity index (χ2n) is 2.54. The van der Waals surface area contributed by atoms with Crippen LogP contribution in [-0.2, 0) is 0 Å². The Morgan fingerprint density at radius 3 is 2.62 bits per heavy atom. The van der Waals surface area contributed by atoms with Crippen molar-refractivity contribution >= 4 is 5.97 Å². The first kappa shape index (κ1) is 9.57. The molecule has 5 heteroatoms. The van der Waals surface area contributed by atoms with E-state index >= 15 is 0 Å². The normalized spacial score (nSPS) is 10.5. The molecule has 0 spiro atoms. The highest BCUT2D eigenvalue weighted by Gasteiger charge is 2.13. The van der Waals surface area contributed by atoms with Gasteiger partial charge in [0.25, 0.3) is 6.43 Å². The fraction of sp³-hybridized carbons (Fsp3) is 0.250. The molecule has 3 nitrogen and oxygen atoms in total. The van der Waals surface area contributed by atoms with Gasteiger partial charge in [-0.2, -0.15) is 0 Å². The Kier molecular flexibility index (Phi) is 2.55. The fourth-order valence-corrected chi connectivity index (χ4v) is 0.940. The molecule has 0 bridgehead atoms. The molecule has 1 aromatic heterocycles. The quantitative estimate of drug-likeness (QED) is 0.770. The van der Waals surface area contributed by atoms with Crippen LogP contribution in [0.2, 0.25) is 0 Å². The van der Waals surface area contributed by atoms with Gasteiger partial charge >= 0.3 is 5.97 Å². The van der Waals surface area contributed by atoms with Gasteiger partial charge in [-0.3, -0.25) is 0 Å². The van der Waals surface area contributed by atoms with Gasteiger partial charge in [-0.25, -0.2) is 18.6 Å². The van der Waals surface area contributed by atoms with Gasteiger partial charge < -0.3 is 5.11 Å². The number of aromatic carboxylic acids is 1. The molecule has 0 saturated carbocycles. The third-order valence-electron chi connectivity index (χ3n) is 1.55. The van der Waals surface area contributed by atoms with E-state index in [0.717, 1.165) is 12.3 Å². The molecule has 0 radical (unpaired) electrons. The minimum absolute atomic E-state index is 0.190. The maximum atomic E-state index is 12.1. The maximum absolute atomic E-state index is 12.1. The Morgan fingerprint density at radius 2 is 2.23 bits per heavy atom. The summed E-state index contributed by atoms with van der Waals surface area (Å²) >= 11 is 0. The van der Waals surface area contributed by atoms with Crippen molar-refractivity contribution in [2.24, 2.45) is 0 Å². The number of hydrogen-bond acceptors (Lipinski definition) is 2. The summed E-state index contributed by atoms with van der Waals surface area (Å²) in [4.78, 5) is 13.9. The minimum atomic E-state index is -2.62. The second-order valence-corrected chi connectivity index (χ2v) is 2.54. The predicted molar refractivity (Wildman–Crippen MR) is 40.9 cm³/mol. The molecular formula is C8H7F2NO2. The number of aryl methyl sites for hydroxylation is 1. The first-order valence-corrected chi connectivity index (χ1v) is 3.50. The number of nitrogens with zero attached hydrogens (tertiary/aromatic N) is 1. The Hall–Kier alpha value is -1.52. The summed E-state index contributed by atoms with van der Waals surface area (Å²) in [6, 6.07) is 1.13. The molecule has 0 fully saturated rings. The molecular weight excluding hydrogens is 180 g/mol. The average Bonchev–Trinajstić information content (AvgIpc) is 2.03. The number of alkyl halides is 2. The third-order valence-corrected chi connectivity index (χ3v) is 1.55. The van der Waals surface area contributed by atoms with Gasteiger partial charge in [0.1, 0.15) is 0 Å². The highest BCUT2D eigenvalue weighted by molar-refractivity contribution is 5.86. The van der Waals surface area contributed by atoms with Gasteiger partial charge in [-0.1, -0.05) is 0 Å². The molecule has 1 rings (SSSR count). The number of carbonyl (C=O) groups is 1. The third kappa shape index (κ3) is 1.99. The van der Waals surface area contributed by atoms with Gasteiger partial charge in [0.05, 0.1) is 0 Å². The fourth-order valence-electron chi connectivity index (χ4n) is 0.940. The average molecular weight is 187 g/mol. The van der Waals surface area contributed by atoms with E-state index < -0.39 is 12.4 Å². The van der Waals surface area contributed by atoms with Crippen molar-refractivity contribution in [1.82, 2.24) is 4.98 Å². The van der Waals surface area contributed by atoms with Gasteiger partial charge in [0, 0.05) is 11.8 Å². The van der Waals surface area contributed by atoms with E-state index in [2.05, 4.69) is 4.98 Å². The van der Waals surface area contributed by atoms with Gasteiger partial charge in [-0.15, -0.1) is 0 Å². The zero-order valence-electron chi connectivity index (χ0n) is 6.79. The molecule has 0 aliphatic rings. The van der Waals surface area contributed by atoms with E-state index in [0.29, 0.717) is 0 Å². The molecule has 0 unspecified atom stereocenters. The first-order valence-electron chi connectivity index (χ1n) is 3.50. The van der Waals surface area contributed by atoms with Crippen molar-refractivity contribution in [3.63, 3.8) is 0 Å². The lowest BCUT2D eigenvalue weighted by Gasteiger charge is -2.02. The molecule has 70 valence electrons. The number of halogens is 2. The van der Waals surface area contributed by atoms with Gasteiger partial charge in [0.15, 0.2) is 5.69 Å². The zero-order chi connectivity index (χ0) is 10.0. The van der Waals surface area contributed by atoms with Crippen LogP contribution in [0.1, 0.15) is 28.0 Å².